The Morgan fingerprint density at radius 2 is 1.53 bits per heavy atom. The topological polar surface area (TPSA) is 114 Å². The van der Waals surface area contributed by atoms with Crippen molar-refractivity contribution < 1.29 is 23.9 Å². The van der Waals surface area contributed by atoms with Gasteiger partial charge in [0.2, 0.25) is 5.91 Å². The summed E-state index contributed by atoms with van der Waals surface area (Å²) in [5.74, 6) is 0.755. The number of amides is 4. The van der Waals surface area contributed by atoms with Gasteiger partial charge >= 0.3 is 12.0 Å². The third-order valence-electron chi connectivity index (χ3n) is 6.53. The molecule has 4 fully saturated rings. The van der Waals surface area contributed by atoms with Crippen molar-refractivity contribution in [1.82, 2.24) is 16.0 Å². The zero-order chi connectivity index (χ0) is 22.1. The van der Waals surface area contributed by atoms with Crippen molar-refractivity contribution in [3.63, 3.8) is 0 Å². The zero-order valence-electron chi connectivity index (χ0n) is 18.5. The Morgan fingerprint density at radius 1 is 1.00 bits per heavy atom. The van der Waals surface area contributed by atoms with Crippen LogP contribution in [-0.4, -0.2) is 42.0 Å². The first-order valence-corrected chi connectivity index (χ1v) is 11.0. The van der Waals surface area contributed by atoms with Crippen LogP contribution in [0, 0.1) is 23.2 Å². The van der Waals surface area contributed by atoms with Gasteiger partial charge in [0.1, 0.15) is 6.54 Å². The fraction of sp³-hybridized carbons (Fsp3) is 0.818. The van der Waals surface area contributed by atoms with E-state index < -0.39 is 29.6 Å². The Hall–Kier alpha value is -2.12. The lowest BCUT2D eigenvalue weighted by Gasteiger charge is -2.56. The fourth-order valence-corrected chi connectivity index (χ4v) is 5.96. The molecule has 4 aliphatic carbocycles. The number of carbonyl (C=O) groups is 4. The molecule has 3 N–H and O–H groups in total. The van der Waals surface area contributed by atoms with Crippen LogP contribution in [0.25, 0.3) is 0 Å². The van der Waals surface area contributed by atoms with Crippen LogP contribution in [0.5, 0.6) is 0 Å². The summed E-state index contributed by atoms with van der Waals surface area (Å²) in [6.07, 6.45) is 6.68. The maximum Gasteiger partial charge on any atom is 0.326 e. The van der Waals surface area contributed by atoms with Crippen molar-refractivity contribution in [2.75, 3.05) is 6.54 Å². The van der Waals surface area contributed by atoms with Crippen molar-refractivity contribution in [1.29, 1.82) is 0 Å². The van der Waals surface area contributed by atoms with Crippen LogP contribution in [0.2, 0.25) is 0 Å². The summed E-state index contributed by atoms with van der Waals surface area (Å²) in [5.41, 5.74) is -0.387. The minimum absolute atomic E-state index is 0.107. The van der Waals surface area contributed by atoms with Crippen molar-refractivity contribution in [3.05, 3.63) is 0 Å². The summed E-state index contributed by atoms with van der Waals surface area (Å²) in [4.78, 5) is 48.2. The number of urea groups is 1. The lowest BCUT2D eigenvalue weighted by Crippen LogP contribution is -2.51. The second-order valence-electron chi connectivity index (χ2n) is 10.7. The molecule has 0 saturated heterocycles. The molecule has 4 bridgehead atoms. The van der Waals surface area contributed by atoms with Gasteiger partial charge in [0, 0.05) is 12.0 Å². The Balaban J connectivity index is 1.38. The molecule has 0 aromatic carbocycles. The van der Waals surface area contributed by atoms with Crippen LogP contribution >= 0.6 is 0 Å². The molecule has 1 atom stereocenters. The highest BCUT2D eigenvalue weighted by molar-refractivity contribution is 5.97. The van der Waals surface area contributed by atoms with Gasteiger partial charge in [-0.15, -0.1) is 0 Å². The van der Waals surface area contributed by atoms with E-state index >= 15 is 0 Å². The number of hydrogen-bond donors (Lipinski definition) is 3. The molecule has 4 rings (SSSR count). The molecule has 0 radical (unpaired) electrons. The Kier molecular flexibility index (Phi) is 6.43. The molecule has 8 nitrogen and oxygen atoms in total. The van der Waals surface area contributed by atoms with E-state index in [4.69, 9.17) is 4.74 Å². The molecule has 0 aliphatic heterocycles. The minimum Gasteiger partial charge on any atom is -0.451 e. The quantitative estimate of drug-likeness (QED) is 0.569. The molecule has 168 valence electrons. The number of imide groups is 1. The maximum atomic E-state index is 12.5. The molecule has 4 aliphatic rings. The second-order valence-corrected chi connectivity index (χ2v) is 10.7. The average Bonchev–Trinajstić information content (AvgIpc) is 2.56. The molecule has 0 heterocycles. The molecule has 1 unspecified atom stereocenters. The SMILES string of the molecule is CC(OC(=O)CNC(=O)CC12CC3CC(CC(C3)C1)C2)C(=O)NC(=O)NC(C)(C)C. The summed E-state index contributed by atoms with van der Waals surface area (Å²) < 4.78 is 5.04. The van der Waals surface area contributed by atoms with Gasteiger partial charge in [-0.1, -0.05) is 0 Å². The van der Waals surface area contributed by atoms with Gasteiger partial charge in [-0.2, -0.15) is 0 Å². The number of nitrogens with one attached hydrogen (secondary N) is 3. The van der Waals surface area contributed by atoms with E-state index in [2.05, 4.69) is 16.0 Å². The predicted octanol–water partition coefficient (Wildman–Crippen LogP) is 2.27. The van der Waals surface area contributed by atoms with E-state index in [0.29, 0.717) is 6.42 Å². The molecule has 8 heteroatoms. The zero-order valence-corrected chi connectivity index (χ0v) is 18.5. The van der Waals surface area contributed by atoms with E-state index in [0.717, 1.165) is 37.0 Å². The maximum absolute atomic E-state index is 12.5. The molecular weight excluding hydrogens is 386 g/mol. The summed E-state index contributed by atoms with van der Waals surface area (Å²) in [5, 5.41) is 7.38. The summed E-state index contributed by atoms with van der Waals surface area (Å²) >= 11 is 0. The average molecular weight is 422 g/mol. The molecule has 4 amide bonds. The number of ether oxygens (including phenoxy) is 1. The van der Waals surface area contributed by atoms with Crippen LogP contribution in [-0.2, 0) is 19.1 Å². The molecule has 0 spiro atoms. The van der Waals surface area contributed by atoms with Gasteiger partial charge in [0.05, 0.1) is 0 Å². The largest absolute Gasteiger partial charge is 0.451 e. The van der Waals surface area contributed by atoms with E-state index in [1.165, 1.54) is 26.2 Å². The first-order chi connectivity index (χ1) is 13.9. The second kappa shape index (κ2) is 8.55. The highest BCUT2D eigenvalue weighted by Gasteiger charge is 2.51. The predicted molar refractivity (Wildman–Crippen MR) is 110 cm³/mol. The standard InChI is InChI=1S/C22H35N3O5/c1-13(19(28)24-20(29)25-21(2,3)4)30-18(27)12-23-17(26)11-22-8-14-5-15(9-22)7-16(6-14)10-22/h13-16H,5-12H2,1-4H3,(H,23,26)(H2,24,25,28,29). The van der Waals surface area contributed by atoms with Crippen molar-refractivity contribution in [2.45, 2.75) is 84.3 Å². The number of carbonyl (C=O) groups excluding carboxylic acids is 4. The summed E-state index contributed by atoms with van der Waals surface area (Å²) in [6.45, 7) is 6.46. The lowest BCUT2D eigenvalue weighted by molar-refractivity contribution is -0.154. The van der Waals surface area contributed by atoms with Gasteiger partial charge in [-0.05, 0) is 89.4 Å². The highest BCUT2D eigenvalue weighted by Crippen LogP contribution is 2.61. The van der Waals surface area contributed by atoms with Crippen LogP contribution < -0.4 is 16.0 Å². The third-order valence-corrected chi connectivity index (χ3v) is 6.53. The minimum atomic E-state index is -1.14. The van der Waals surface area contributed by atoms with Crippen LogP contribution in [0.1, 0.15) is 72.6 Å². The number of rotatable bonds is 6. The number of esters is 1. The number of hydrogen-bond acceptors (Lipinski definition) is 5. The van der Waals surface area contributed by atoms with Gasteiger partial charge in [-0.3, -0.25) is 19.7 Å². The van der Waals surface area contributed by atoms with Crippen LogP contribution in [0.4, 0.5) is 4.79 Å². The smallest absolute Gasteiger partial charge is 0.326 e. The van der Waals surface area contributed by atoms with E-state index in [9.17, 15) is 19.2 Å². The Morgan fingerprint density at radius 3 is 2.03 bits per heavy atom. The van der Waals surface area contributed by atoms with Crippen LogP contribution in [0.15, 0.2) is 0 Å². The van der Waals surface area contributed by atoms with E-state index in [1.807, 2.05) is 0 Å². The molecular formula is C22H35N3O5. The summed E-state index contributed by atoms with van der Waals surface area (Å²) in [6, 6.07) is -0.653. The monoisotopic (exact) mass is 421 g/mol. The van der Waals surface area contributed by atoms with Gasteiger partial charge in [0.15, 0.2) is 6.10 Å². The highest BCUT2D eigenvalue weighted by atomic mass is 16.5. The fourth-order valence-electron chi connectivity index (χ4n) is 5.96. The molecule has 30 heavy (non-hydrogen) atoms. The van der Waals surface area contributed by atoms with Crippen molar-refractivity contribution >= 4 is 23.8 Å². The van der Waals surface area contributed by atoms with Gasteiger partial charge in [-0.25, -0.2) is 4.79 Å². The Labute approximate surface area is 178 Å². The van der Waals surface area contributed by atoms with Crippen LogP contribution in [0.3, 0.4) is 0 Å². The molecule has 0 aromatic rings. The molecule has 0 aromatic heterocycles. The molecule has 4 saturated carbocycles. The summed E-state index contributed by atoms with van der Waals surface area (Å²) in [7, 11) is 0. The van der Waals surface area contributed by atoms with Gasteiger partial charge in [0.25, 0.3) is 5.91 Å². The normalized spacial score (nSPS) is 30.3. The van der Waals surface area contributed by atoms with Gasteiger partial charge < -0.3 is 15.4 Å². The third kappa shape index (κ3) is 5.95. The first-order valence-electron chi connectivity index (χ1n) is 11.0. The van der Waals surface area contributed by atoms with Crippen molar-refractivity contribution in [2.24, 2.45) is 23.2 Å². The van der Waals surface area contributed by atoms with E-state index in [-0.39, 0.29) is 17.9 Å². The van der Waals surface area contributed by atoms with E-state index in [1.54, 1.807) is 20.8 Å². The lowest BCUT2D eigenvalue weighted by atomic mass is 9.49. The Bertz CT molecular complexity index is 677. The van der Waals surface area contributed by atoms with Crippen molar-refractivity contribution in [3.8, 4) is 0 Å². The first kappa shape index (κ1) is 22.6.